The van der Waals surface area contributed by atoms with E-state index in [9.17, 15) is 4.79 Å². The Morgan fingerprint density at radius 3 is 2.95 bits per heavy atom. The normalized spacial score (nSPS) is 10.1. The molecule has 0 aliphatic heterocycles. The predicted octanol–water partition coefficient (Wildman–Crippen LogP) is 3.51. The van der Waals surface area contributed by atoms with Gasteiger partial charge in [0.15, 0.2) is 0 Å². The van der Waals surface area contributed by atoms with Crippen molar-refractivity contribution in [1.29, 1.82) is 0 Å². The molecule has 0 atom stereocenters. The van der Waals surface area contributed by atoms with Crippen LogP contribution in [0.5, 0.6) is 5.75 Å². The number of benzene rings is 1. The summed E-state index contributed by atoms with van der Waals surface area (Å²) >= 11 is 0. The molecular weight excluding hydrogens is 252 g/mol. The minimum atomic E-state index is -0.177. The summed E-state index contributed by atoms with van der Waals surface area (Å²) in [5.74, 6) is 0.589. The molecule has 0 fully saturated rings. The number of rotatable bonds is 6. The summed E-state index contributed by atoms with van der Waals surface area (Å²) in [6, 6.07) is 10.9. The number of unbranched alkanes of at least 4 members (excludes halogenated alkanes) is 1. The Kier molecular flexibility index (Phi) is 5.12. The van der Waals surface area contributed by atoms with Crippen molar-refractivity contribution in [1.82, 2.24) is 4.98 Å². The Morgan fingerprint density at radius 1 is 1.30 bits per heavy atom. The van der Waals surface area contributed by atoms with Crippen LogP contribution in [0, 0.1) is 0 Å². The van der Waals surface area contributed by atoms with E-state index in [1.165, 1.54) is 6.20 Å². The highest BCUT2D eigenvalue weighted by Gasteiger charge is 2.06. The highest BCUT2D eigenvalue weighted by Crippen LogP contribution is 2.18. The maximum Gasteiger partial charge on any atom is 0.257 e. The van der Waals surface area contributed by atoms with Gasteiger partial charge in [-0.25, -0.2) is 0 Å². The second kappa shape index (κ2) is 7.28. The van der Waals surface area contributed by atoms with E-state index >= 15 is 0 Å². The number of ether oxygens (including phenoxy) is 1. The summed E-state index contributed by atoms with van der Waals surface area (Å²) in [6.07, 6.45) is 5.29. The van der Waals surface area contributed by atoms with Gasteiger partial charge in [0.05, 0.1) is 12.2 Å². The summed E-state index contributed by atoms with van der Waals surface area (Å²) in [7, 11) is 0. The largest absolute Gasteiger partial charge is 0.494 e. The lowest BCUT2D eigenvalue weighted by Crippen LogP contribution is -2.12. The second-order valence-corrected chi connectivity index (χ2v) is 4.43. The smallest absolute Gasteiger partial charge is 0.257 e. The molecule has 0 bridgehead atoms. The van der Waals surface area contributed by atoms with Gasteiger partial charge in [-0.2, -0.15) is 0 Å². The highest BCUT2D eigenvalue weighted by molar-refractivity contribution is 6.04. The molecule has 1 aromatic carbocycles. The average Bonchev–Trinajstić information content (AvgIpc) is 2.49. The van der Waals surface area contributed by atoms with Crippen LogP contribution in [0.2, 0.25) is 0 Å². The number of carbonyl (C=O) groups excluding carboxylic acids is 1. The summed E-state index contributed by atoms with van der Waals surface area (Å²) in [5.41, 5.74) is 1.25. The van der Waals surface area contributed by atoms with Gasteiger partial charge < -0.3 is 10.1 Å². The standard InChI is InChI=1S/C16H18N2O2/c1-2-3-10-20-15-8-4-7-14(11-15)18-16(19)13-6-5-9-17-12-13/h4-9,11-12H,2-3,10H2,1H3,(H,18,19). The maximum atomic E-state index is 12.0. The van der Waals surface area contributed by atoms with Crippen molar-refractivity contribution >= 4 is 11.6 Å². The molecule has 0 aliphatic carbocycles. The number of hydrogen-bond acceptors (Lipinski definition) is 3. The molecule has 104 valence electrons. The third kappa shape index (κ3) is 4.09. The summed E-state index contributed by atoms with van der Waals surface area (Å²) in [5, 5.41) is 2.83. The van der Waals surface area contributed by atoms with Crippen LogP contribution in [0.25, 0.3) is 0 Å². The summed E-state index contributed by atoms with van der Waals surface area (Å²) in [4.78, 5) is 15.9. The van der Waals surface area contributed by atoms with Crippen molar-refractivity contribution in [2.24, 2.45) is 0 Å². The first kappa shape index (κ1) is 14.1. The molecule has 4 nitrogen and oxygen atoms in total. The molecule has 0 aliphatic rings. The molecule has 0 radical (unpaired) electrons. The SMILES string of the molecule is CCCCOc1cccc(NC(=O)c2cccnc2)c1. The molecule has 4 heteroatoms. The van der Waals surface area contributed by atoms with E-state index in [4.69, 9.17) is 4.74 Å². The molecule has 1 aromatic heterocycles. The molecule has 0 saturated carbocycles. The lowest BCUT2D eigenvalue weighted by Gasteiger charge is -2.08. The molecular formula is C16H18N2O2. The number of aromatic nitrogens is 1. The molecule has 0 unspecified atom stereocenters. The zero-order valence-corrected chi connectivity index (χ0v) is 11.5. The summed E-state index contributed by atoms with van der Waals surface area (Å²) in [6.45, 7) is 2.81. The monoisotopic (exact) mass is 270 g/mol. The van der Waals surface area contributed by atoms with Crippen LogP contribution in [-0.4, -0.2) is 17.5 Å². The first-order valence-electron chi connectivity index (χ1n) is 6.74. The Hall–Kier alpha value is -2.36. The number of anilines is 1. The fourth-order valence-corrected chi connectivity index (χ4v) is 1.70. The van der Waals surface area contributed by atoms with Crippen molar-refractivity contribution in [2.45, 2.75) is 19.8 Å². The maximum absolute atomic E-state index is 12.0. The zero-order valence-electron chi connectivity index (χ0n) is 11.5. The Morgan fingerprint density at radius 2 is 2.20 bits per heavy atom. The van der Waals surface area contributed by atoms with Gasteiger partial charge >= 0.3 is 0 Å². The number of amides is 1. The Labute approximate surface area is 118 Å². The number of carbonyl (C=O) groups is 1. The van der Waals surface area contributed by atoms with Crippen molar-refractivity contribution in [3.05, 3.63) is 54.4 Å². The molecule has 0 spiro atoms. The fraction of sp³-hybridized carbons (Fsp3) is 0.250. The minimum absolute atomic E-state index is 0.177. The van der Waals surface area contributed by atoms with Gasteiger partial charge in [0.2, 0.25) is 0 Å². The van der Waals surface area contributed by atoms with Crippen molar-refractivity contribution in [3.63, 3.8) is 0 Å². The molecule has 0 saturated heterocycles. The van der Waals surface area contributed by atoms with Crippen LogP contribution < -0.4 is 10.1 Å². The molecule has 1 heterocycles. The number of nitrogens with one attached hydrogen (secondary N) is 1. The van der Waals surface area contributed by atoms with Gasteiger partial charge in [-0.3, -0.25) is 9.78 Å². The van der Waals surface area contributed by atoms with Crippen LogP contribution >= 0.6 is 0 Å². The van der Waals surface area contributed by atoms with Gasteiger partial charge in [-0.05, 0) is 30.7 Å². The summed E-state index contributed by atoms with van der Waals surface area (Å²) < 4.78 is 5.61. The van der Waals surface area contributed by atoms with Crippen LogP contribution in [0.4, 0.5) is 5.69 Å². The molecule has 2 aromatic rings. The zero-order chi connectivity index (χ0) is 14.2. The van der Waals surface area contributed by atoms with E-state index in [1.807, 2.05) is 24.3 Å². The van der Waals surface area contributed by atoms with E-state index in [0.29, 0.717) is 17.9 Å². The minimum Gasteiger partial charge on any atom is -0.494 e. The quantitative estimate of drug-likeness (QED) is 0.817. The van der Waals surface area contributed by atoms with Gasteiger partial charge in [0, 0.05) is 24.1 Å². The number of pyridine rings is 1. The topological polar surface area (TPSA) is 51.2 Å². The van der Waals surface area contributed by atoms with E-state index in [1.54, 1.807) is 18.3 Å². The molecule has 20 heavy (non-hydrogen) atoms. The van der Waals surface area contributed by atoms with Gasteiger partial charge in [-0.1, -0.05) is 19.4 Å². The van der Waals surface area contributed by atoms with Crippen LogP contribution in [-0.2, 0) is 0 Å². The number of hydrogen-bond donors (Lipinski definition) is 1. The van der Waals surface area contributed by atoms with Crippen molar-refractivity contribution in [3.8, 4) is 5.75 Å². The molecule has 1 N–H and O–H groups in total. The average molecular weight is 270 g/mol. The second-order valence-electron chi connectivity index (χ2n) is 4.43. The number of nitrogens with zero attached hydrogens (tertiary/aromatic N) is 1. The van der Waals surface area contributed by atoms with Crippen LogP contribution in [0.3, 0.4) is 0 Å². The van der Waals surface area contributed by atoms with Crippen LogP contribution in [0.1, 0.15) is 30.1 Å². The fourth-order valence-electron chi connectivity index (χ4n) is 1.70. The third-order valence-corrected chi connectivity index (χ3v) is 2.78. The predicted molar refractivity (Wildman–Crippen MR) is 79.0 cm³/mol. The first-order chi connectivity index (χ1) is 9.79. The Balaban J connectivity index is 1.99. The van der Waals surface area contributed by atoms with Gasteiger partial charge in [0.1, 0.15) is 5.75 Å². The molecule has 2 rings (SSSR count). The van der Waals surface area contributed by atoms with E-state index < -0.39 is 0 Å². The Bertz CT molecular complexity index is 555. The van der Waals surface area contributed by atoms with Crippen molar-refractivity contribution in [2.75, 3.05) is 11.9 Å². The van der Waals surface area contributed by atoms with Gasteiger partial charge in [-0.15, -0.1) is 0 Å². The van der Waals surface area contributed by atoms with Gasteiger partial charge in [0.25, 0.3) is 5.91 Å². The highest BCUT2D eigenvalue weighted by atomic mass is 16.5. The molecule has 1 amide bonds. The lowest BCUT2D eigenvalue weighted by atomic mass is 10.2. The first-order valence-corrected chi connectivity index (χ1v) is 6.74. The van der Waals surface area contributed by atoms with E-state index in [0.717, 1.165) is 18.6 Å². The van der Waals surface area contributed by atoms with Crippen LogP contribution in [0.15, 0.2) is 48.8 Å². The lowest BCUT2D eigenvalue weighted by molar-refractivity contribution is 0.102. The third-order valence-electron chi connectivity index (χ3n) is 2.78. The van der Waals surface area contributed by atoms with E-state index in [2.05, 4.69) is 17.2 Å². The van der Waals surface area contributed by atoms with E-state index in [-0.39, 0.29) is 5.91 Å². The van der Waals surface area contributed by atoms with Crippen molar-refractivity contribution < 1.29 is 9.53 Å².